The molecule has 0 N–H and O–H groups in total. The Bertz CT molecular complexity index is 816. The molecule has 0 heterocycles. The molecule has 0 saturated heterocycles. The molecule has 2 aromatic carbocycles. The molecule has 0 aromatic heterocycles. The number of ether oxygens (including phenoxy) is 2. The highest BCUT2D eigenvalue weighted by Gasteiger charge is 2.23. The lowest BCUT2D eigenvalue weighted by Crippen LogP contribution is -2.07. The van der Waals surface area contributed by atoms with Crippen molar-refractivity contribution >= 4 is 11.5 Å². The van der Waals surface area contributed by atoms with Gasteiger partial charge in [0, 0.05) is 32.4 Å². The summed E-state index contributed by atoms with van der Waals surface area (Å²) in [5.74, 6) is -0.0253. The Kier molecular flexibility index (Phi) is 6.32. The monoisotopic (exact) mass is 356 g/mol. The van der Waals surface area contributed by atoms with Gasteiger partial charge in [-0.15, -0.1) is 0 Å². The smallest absolute Gasteiger partial charge is 0.284 e. The zero-order valence-corrected chi connectivity index (χ0v) is 14.8. The number of methoxy groups -OCH3 is 1. The third kappa shape index (κ3) is 4.83. The molecule has 0 fully saturated rings. The van der Waals surface area contributed by atoms with Crippen LogP contribution in [-0.2, 0) is 6.61 Å². The van der Waals surface area contributed by atoms with Crippen LogP contribution >= 0.6 is 0 Å². The van der Waals surface area contributed by atoms with E-state index in [1.807, 2.05) is 30.3 Å². The fourth-order valence-electron chi connectivity index (χ4n) is 2.21. The van der Waals surface area contributed by atoms with Crippen molar-refractivity contribution in [1.82, 2.24) is 4.90 Å². The maximum absolute atomic E-state index is 12.3. The number of ketones is 1. The van der Waals surface area contributed by atoms with Crippen LogP contribution in [0.1, 0.15) is 15.9 Å². The third-order valence-electron chi connectivity index (χ3n) is 3.51. The normalized spacial score (nSPS) is 10.6. The molecular weight excluding hydrogens is 336 g/mol. The van der Waals surface area contributed by atoms with Gasteiger partial charge in [-0.1, -0.05) is 30.3 Å². The molecule has 7 nitrogen and oxygen atoms in total. The Balaban J connectivity index is 2.36. The van der Waals surface area contributed by atoms with E-state index in [4.69, 9.17) is 9.47 Å². The molecule has 2 rings (SSSR count). The van der Waals surface area contributed by atoms with Gasteiger partial charge in [0.2, 0.25) is 0 Å². The number of nitro benzene ring substituents is 1. The molecule has 7 heteroatoms. The molecule has 0 radical (unpaired) electrons. The van der Waals surface area contributed by atoms with E-state index in [0.29, 0.717) is 0 Å². The minimum absolute atomic E-state index is 0.0583. The van der Waals surface area contributed by atoms with Crippen molar-refractivity contribution in [2.24, 2.45) is 0 Å². The van der Waals surface area contributed by atoms with Crippen molar-refractivity contribution in [3.05, 3.63) is 76.0 Å². The van der Waals surface area contributed by atoms with Crippen molar-refractivity contribution in [2.45, 2.75) is 6.61 Å². The van der Waals surface area contributed by atoms with Crippen LogP contribution in [0.25, 0.3) is 0 Å². The Labute approximate surface area is 151 Å². The van der Waals surface area contributed by atoms with Crippen LogP contribution in [0.2, 0.25) is 0 Å². The van der Waals surface area contributed by atoms with Gasteiger partial charge in [-0.3, -0.25) is 14.9 Å². The molecule has 2 aromatic rings. The van der Waals surface area contributed by atoms with Gasteiger partial charge < -0.3 is 14.4 Å². The quantitative estimate of drug-likeness (QED) is 0.312. The highest BCUT2D eigenvalue weighted by Crippen LogP contribution is 2.35. The number of hydrogen-bond donors (Lipinski definition) is 0. The van der Waals surface area contributed by atoms with E-state index in [1.165, 1.54) is 31.5 Å². The van der Waals surface area contributed by atoms with Gasteiger partial charge in [-0.25, -0.2) is 0 Å². The first-order valence-corrected chi connectivity index (χ1v) is 7.84. The Morgan fingerprint density at radius 1 is 1.19 bits per heavy atom. The van der Waals surface area contributed by atoms with Gasteiger partial charge in [0.15, 0.2) is 17.3 Å². The molecule has 0 spiro atoms. The largest absolute Gasteiger partial charge is 0.493 e. The third-order valence-corrected chi connectivity index (χ3v) is 3.51. The molecule has 136 valence electrons. The molecule has 0 amide bonds. The van der Waals surface area contributed by atoms with E-state index in [2.05, 4.69) is 0 Å². The molecule has 0 aliphatic heterocycles. The van der Waals surface area contributed by atoms with Crippen molar-refractivity contribution in [2.75, 3.05) is 21.2 Å². The van der Waals surface area contributed by atoms with E-state index in [9.17, 15) is 14.9 Å². The number of rotatable bonds is 8. The zero-order chi connectivity index (χ0) is 19.1. The van der Waals surface area contributed by atoms with Gasteiger partial charge in [0.1, 0.15) is 12.2 Å². The highest BCUT2D eigenvalue weighted by atomic mass is 16.6. The van der Waals surface area contributed by atoms with Crippen LogP contribution in [0, 0.1) is 10.1 Å². The van der Waals surface area contributed by atoms with Crippen LogP contribution in [-0.4, -0.2) is 36.8 Å². The summed E-state index contributed by atoms with van der Waals surface area (Å²) in [6.45, 7) is 0.224. The van der Waals surface area contributed by atoms with E-state index >= 15 is 0 Å². The number of allylic oxidation sites excluding steroid dienone is 1. The topological polar surface area (TPSA) is 81.9 Å². The second-order valence-corrected chi connectivity index (χ2v) is 5.70. The number of benzene rings is 2. The van der Waals surface area contributed by atoms with Crippen molar-refractivity contribution < 1.29 is 19.2 Å². The lowest BCUT2D eigenvalue weighted by molar-refractivity contribution is -0.385. The summed E-state index contributed by atoms with van der Waals surface area (Å²) >= 11 is 0. The molecule has 26 heavy (non-hydrogen) atoms. The summed E-state index contributed by atoms with van der Waals surface area (Å²) in [4.78, 5) is 24.8. The van der Waals surface area contributed by atoms with Gasteiger partial charge in [0.05, 0.1) is 18.1 Å². The minimum Gasteiger partial charge on any atom is -0.493 e. The predicted octanol–water partition coefficient (Wildman–Crippen LogP) is 3.44. The fourth-order valence-corrected chi connectivity index (χ4v) is 2.21. The van der Waals surface area contributed by atoms with Gasteiger partial charge in [0.25, 0.3) is 5.69 Å². The number of carbonyl (C=O) groups is 1. The SMILES string of the molecule is COc1cc(C(=O)/C=C\N(C)C)c([N+](=O)[O-])cc1OCc1ccccc1. The maximum atomic E-state index is 12.3. The Hall–Kier alpha value is -3.35. The average Bonchev–Trinajstić information content (AvgIpc) is 2.64. The molecule has 0 bridgehead atoms. The molecule has 0 aliphatic carbocycles. The number of nitro groups is 1. The second-order valence-electron chi connectivity index (χ2n) is 5.70. The van der Waals surface area contributed by atoms with E-state index in [1.54, 1.807) is 19.0 Å². The zero-order valence-electron chi connectivity index (χ0n) is 14.8. The summed E-state index contributed by atoms with van der Waals surface area (Å²) in [6.07, 6.45) is 2.80. The fraction of sp³-hybridized carbons (Fsp3) is 0.211. The Morgan fingerprint density at radius 3 is 2.46 bits per heavy atom. The lowest BCUT2D eigenvalue weighted by atomic mass is 10.1. The Morgan fingerprint density at radius 2 is 1.88 bits per heavy atom. The molecule has 0 saturated carbocycles. The average molecular weight is 356 g/mol. The van der Waals surface area contributed by atoms with Gasteiger partial charge in [-0.2, -0.15) is 0 Å². The van der Waals surface area contributed by atoms with Crippen molar-refractivity contribution in [3.8, 4) is 11.5 Å². The summed E-state index contributed by atoms with van der Waals surface area (Å²) in [7, 11) is 4.92. The van der Waals surface area contributed by atoms with Crippen LogP contribution in [0.3, 0.4) is 0 Å². The van der Waals surface area contributed by atoms with Crippen LogP contribution in [0.4, 0.5) is 5.69 Å². The van der Waals surface area contributed by atoms with E-state index in [-0.39, 0.29) is 29.4 Å². The highest BCUT2D eigenvalue weighted by molar-refractivity contribution is 6.07. The standard InChI is InChI=1S/C19H20N2O5/c1-20(2)10-9-17(22)15-11-18(25-3)19(12-16(15)21(23)24)26-13-14-7-5-4-6-8-14/h4-12H,13H2,1-3H3/b10-9-. The van der Waals surface area contributed by atoms with Gasteiger partial charge >= 0.3 is 0 Å². The van der Waals surface area contributed by atoms with Gasteiger partial charge in [-0.05, 0) is 5.56 Å². The molecule has 0 unspecified atom stereocenters. The van der Waals surface area contributed by atoms with Crippen molar-refractivity contribution in [3.63, 3.8) is 0 Å². The predicted molar refractivity (Wildman–Crippen MR) is 97.6 cm³/mol. The lowest BCUT2D eigenvalue weighted by Gasteiger charge is -2.12. The van der Waals surface area contributed by atoms with Crippen LogP contribution < -0.4 is 9.47 Å². The summed E-state index contributed by atoms with van der Waals surface area (Å²) in [6, 6.07) is 11.9. The first-order chi connectivity index (χ1) is 12.4. The number of carbonyl (C=O) groups excluding carboxylic acids is 1. The second kappa shape index (κ2) is 8.66. The molecular formula is C19H20N2O5. The molecule has 0 aliphatic rings. The first-order valence-electron chi connectivity index (χ1n) is 7.84. The van der Waals surface area contributed by atoms with Crippen LogP contribution in [0.15, 0.2) is 54.7 Å². The first kappa shape index (κ1) is 19.0. The van der Waals surface area contributed by atoms with Crippen molar-refractivity contribution in [1.29, 1.82) is 0 Å². The minimum atomic E-state index is -0.606. The number of hydrogen-bond acceptors (Lipinski definition) is 6. The molecule has 0 atom stereocenters. The van der Waals surface area contributed by atoms with Crippen LogP contribution in [0.5, 0.6) is 11.5 Å². The van der Waals surface area contributed by atoms with E-state index < -0.39 is 10.7 Å². The number of nitrogens with zero attached hydrogens (tertiary/aromatic N) is 2. The summed E-state index contributed by atoms with van der Waals surface area (Å²) in [5.41, 5.74) is 0.519. The summed E-state index contributed by atoms with van der Waals surface area (Å²) < 4.78 is 10.9. The van der Waals surface area contributed by atoms with E-state index in [0.717, 1.165) is 5.56 Å². The summed E-state index contributed by atoms with van der Waals surface area (Å²) in [5, 5.41) is 11.4. The maximum Gasteiger partial charge on any atom is 0.284 e.